The zero-order valence-electron chi connectivity index (χ0n) is 56.0. The Bertz CT molecular complexity index is 1430. The molecule has 1 atom stereocenters. The maximum atomic E-state index is 13.0. The van der Waals surface area contributed by atoms with E-state index in [2.05, 4.69) is 69.4 Å². The molecule has 0 aromatic carbocycles. The maximum Gasteiger partial charge on any atom is 0.306 e. The van der Waals surface area contributed by atoms with Crippen LogP contribution in [0.1, 0.15) is 406 Å². The number of carbonyl (C=O) groups is 3. The molecule has 0 spiro atoms. The fourth-order valence-electron chi connectivity index (χ4n) is 11.2. The van der Waals surface area contributed by atoms with E-state index >= 15 is 0 Å². The molecule has 1 unspecified atom stereocenters. The molecule has 0 aliphatic heterocycles. The molecule has 0 N–H and O–H groups in total. The zero-order chi connectivity index (χ0) is 59.9. The van der Waals surface area contributed by atoms with Crippen LogP contribution in [-0.4, -0.2) is 37.2 Å². The van der Waals surface area contributed by atoms with Gasteiger partial charge >= 0.3 is 17.9 Å². The molecule has 0 radical (unpaired) electrons. The summed E-state index contributed by atoms with van der Waals surface area (Å²) >= 11 is 0. The third-order valence-corrected chi connectivity index (χ3v) is 16.8. The normalized spacial score (nSPS) is 12.3. The molecule has 0 aromatic heterocycles. The summed E-state index contributed by atoms with van der Waals surface area (Å²) in [5.74, 6) is -0.865. The highest BCUT2D eigenvalue weighted by Gasteiger charge is 2.19. The van der Waals surface area contributed by atoms with Crippen LogP contribution in [0.25, 0.3) is 0 Å². The number of allylic oxidation sites excluding steroid dienone is 8. The minimum Gasteiger partial charge on any atom is -0.462 e. The van der Waals surface area contributed by atoms with Gasteiger partial charge in [0.1, 0.15) is 13.2 Å². The van der Waals surface area contributed by atoms with E-state index in [4.69, 9.17) is 14.2 Å². The van der Waals surface area contributed by atoms with Gasteiger partial charge in [0, 0.05) is 19.3 Å². The van der Waals surface area contributed by atoms with Gasteiger partial charge in [-0.2, -0.15) is 0 Å². The van der Waals surface area contributed by atoms with Crippen LogP contribution >= 0.6 is 0 Å². The first-order valence-corrected chi connectivity index (χ1v) is 37.1. The van der Waals surface area contributed by atoms with E-state index in [0.29, 0.717) is 19.3 Å². The number of hydrogen-bond acceptors (Lipinski definition) is 6. The number of ether oxygens (including phenoxy) is 3. The minimum absolute atomic E-state index is 0.0757. The number of carbonyl (C=O) groups excluding carboxylic acids is 3. The van der Waals surface area contributed by atoms with Crippen molar-refractivity contribution < 1.29 is 28.6 Å². The Hall–Kier alpha value is -2.63. The molecule has 83 heavy (non-hydrogen) atoms. The second-order valence-electron chi connectivity index (χ2n) is 25.2. The van der Waals surface area contributed by atoms with Gasteiger partial charge in [-0.05, 0) is 83.5 Å². The van der Waals surface area contributed by atoms with E-state index < -0.39 is 6.10 Å². The summed E-state index contributed by atoms with van der Waals surface area (Å²) in [6.07, 6.45) is 91.5. The molecule has 0 fully saturated rings. The Labute approximate surface area is 518 Å². The maximum absolute atomic E-state index is 13.0. The Morgan fingerprint density at radius 2 is 0.434 bits per heavy atom. The number of unbranched alkanes of at least 4 members (excludes halogenated alkanes) is 50. The highest BCUT2D eigenvalue weighted by Crippen LogP contribution is 2.19. The molecule has 0 saturated carbocycles. The summed E-state index contributed by atoms with van der Waals surface area (Å²) in [5, 5.41) is 0. The average molecular weight is 1160 g/mol. The van der Waals surface area contributed by atoms with Gasteiger partial charge in [-0.25, -0.2) is 0 Å². The van der Waals surface area contributed by atoms with Gasteiger partial charge < -0.3 is 14.2 Å². The number of rotatable bonds is 69. The molecule has 486 valence electrons. The van der Waals surface area contributed by atoms with Gasteiger partial charge in [0.25, 0.3) is 0 Å². The monoisotopic (exact) mass is 1160 g/mol. The lowest BCUT2D eigenvalue weighted by Crippen LogP contribution is -2.30. The highest BCUT2D eigenvalue weighted by atomic mass is 16.6. The fraction of sp³-hybridized carbons (Fsp3) is 0.857. The lowest BCUT2D eigenvalue weighted by molar-refractivity contribution is -0.167. The third-order valence-electron chi connectivity index (χ3n) is 16.8. The standard InChI is InChI=1S/C77H142O6/c1-4-7-10-13-16-19-22-25-28-31-34-35-36-37-38-39-40-41-42-44-46-49-52-55-58-61-64-67-70-76(79)82-73-74(72-81-75(78)69-66-63-60-57-54-51-48-45-33-30-27-24-21-18-15-12-9-6-3)83-77(80)71-68-65-62-59-56-53-50-47-43-32-29-26-23-20-17-14-11-8-5-2/h17,20,26,29-30,33,43,47,74H,4-16,18-19,21-25,27-28,31-32,34-42,44-46,48-73H2,1-3H3/b20-17-,29-26-,33-30-,47-43-. The van der Waals surface area contributed by atoms with Gasteiger partial charge in [-0.3, -0.25) is 14.4 Å². The molecule has 6 nitrogen and oxygen atoms in total. The van der Waals surface area contributed by atoms with E-state index in [1.807, 2.05) is 0 Å². The smallest absolute Gasteiger partial charge is 0.306 e. The summed E-state index contributed by atoms with van der Waals surface area (Å²) < 4.78 is 17.0. The van der Waals surface area contributed by atoms with Crippen LogP contribution in [-0.2, 0) is 28.6 Å². The largest absolute Gasteiger partial charge is 0.462 e. The van der Waals surface area contributed by atoms with Gasteiger partial charge in [-0.15, -0.1) is 0 Å². The van der Waals surface area contributed by atoms with Crippen molar-refractivity contribution in [3.05, 3.63) is 48.6 Å². The predicted octanol–water partition coefficient (Wildman–Crippen LogP) is 25.7. The summed E-state index contributed by atoms with van der Waals surface area (Å²) in [6.45, 7) is 6.67. The summed E-state index contributed by atoms with van der Waals surface area (Å²) in [5.41, 5.74) is 0. The molecule has 0 aliphatic rings. The van der Waals surface area contributed by atoms with Crippen molar-refractivity contribution in [1.82, 2.24) is 0 Å². The molecule has 0 amide bonds. The average Bonchev–Trinajstić information content (AvgIpc) is 3.50. The van der Waals surface area contributed by atoms with E-state index in [0.717, 1.165) is 77.0 Å². The van der Waals surface area contributed by atoms with Crippen molar-refractivity contribution in [1.29, 1.82) is 0 Å². The van der Waals surface area contributed by atoms with Gasteiger partial charge in [0.15, 0.2) is 6.10 Å². The topological polar surface area (TPSA) is 78.9 Å². The Morgan fingerprint density at radius 1 is 0.241 bits per heavy atom. The quantitative estimate of drug-likeness (QED) is 0.0261. The lowest BCUT2D eigenvalue weighted by Gasteiger charge is -2.18. The summed E-state index contributed by atoms with van der Waals surface area (Å²) in [4.78, 5) is 38.5. The van der Waals surface area contributed by atoms with E-state index in [1.165, 1.54) is 289 Å². The van der Waals surface area contributed by atoms with Crippen molar-refractivity contribution in [3.63, 3.8) is 0 Å². The molecular weight excluding hydrogens is 1020 g/mol. The van der Waals surface area contributed by atoms with Crippen molar-refractivity contribution in [2.75, 3.05) is 13.2 Å². The van der Waals surface area contributed by atoms with Crippen molar-refractivity contribution >= 4 is 17.9 Å². The summed E-state index contributed by atoms with van der Waals surface area (Å²) in [6, 6.07) is 0. The van der Waals surface area contributed by atoms with E-state index in [-0.39, 0.29) is 31.1 Å². The second-order valence-corrected chi connectivity index (χ2v) is 25.2. The molecule has 0 bridgehead atoms. The fourth-order valence-corrected chi connectivity index (χ4v) is 11.2. The number of hydrogen-bond donors (Lipinski definition) is 0. The van der Waals surface area contributed by atoms with Crippen molar-refractivity contribution in [2.24, 2.45) is 0 Å². The molecule has 0 aliphatic carbocycles. The molecular formula is C77H142O6. The van der Waals surface area contributed by atoms with Crippen LogP contribution in [0.4, 0.5) is 0 Å². The molecule has 6 heteroatoms. The van der Waals surface area contributed by atoms with Crippen LogP contribution < -0.4 is 0 Å². The van der Waals surface area contributed by atoms with Gasteiger partial charge in [0.05, 0.1) is 0 Å². The third kappa shape index (κ3) is 70.0. The van der Waals surface area contributed by atoms with Crippen LogP contribution in [0.2, 0.25) is 0 Å². The molecule has 0 heterocycles. The second kappa shape index (κ2) is 71.8. The van der Waals surface area contributed by atoms with Crippen LogP contribution in [0.15, 0.2) is 48.6 Å². The predicted molar refractivity (Wildman–Crippen MR) is 362 cm³/mol. The van der Waals surface area contributed by atoms with Crippen LogP contribution in [0.5, 0.6) is 0 Å². The minimum atomic E-state index is -0.782. The SMILES string of the molecule is CCCCC/C=C\C/C=C\C/C=C\CCCCCCCCC(=O)OC(COC(=O)CCCCCCCCC/C=C\CCCCCCCCC)COC(=O)CCCCCCCCCCCCCCCCCCCCCCCCCCCCCC. The molecule has 0 rings (SSSR count). The first-order valence-electron chi connectivity index (χ1n) is 37.1. The van der Waals surface area contributed by atoms with Gasteiger partial charge in [-0.1, -0.05) is 352 Å². The van der Waals surface area contributed by atoms with Crippen molar-refractivity contribution in [2.45, 2.75) is 412 Å². The molecule has 0 saturated heterocycles. The van der Waals surface area contributed by atoms with E-state index in [1.54, 1.807) is 0 Å². The van der Waals surface area contributed by atoms with Crippen molar-refractivity contribution in [3.8, 4) is 0 Å². The summed E-state index contributed by atoms with van der Waals surface area (Å²) in [7, 11) is 0. The number of esters is 3. The zero-order valence-corrected chi connectivity index (χ0v) is 56.0. The Kier molecular flexibility index (Phi) is 69.6. The van der Waals surface area contributed by atoms with E-state index in [9.17, 15) is 14.4 Å². The van der Waals surface area contributed by atoms with Crippen LogP contribution in [0, 0.1) is 0 Å². The van der Waals surface area contributed by atoms with Gasteiger partial charge in [0.2, 0.25) is 0 Å². The Morgan fingerprint density at radius 3 is 0.711 bits per heavy atom. The highest BCUT2D eigenvalue weighted by molar-refractivity contribution is 5.71. The van der Waals surface area contributed by atoms with Crippen LogP contribution in [0.3, 0.4) is 0 Å². The lowest BCUT2D eigenvalue weighted by atomic mass is 10.0. The molecule has 0 aromatic rings. The Balaban J connectivity index is 4.27. The first kappa shape index (κ1) is 80.4. The first-order chi connectivity index (χ1) is 41.0.